The molecule has 7 nitrogen and oxygen atoms in total. The van der Waals surface area contributed by atoms with Gasteiger partial charge in [0.2, 0.25) is 0 Å². The Kier molecular flexibility index (Phi) is 6.31. The molecule has 0 spiro atoms. The van der Waals surface area contributed by atoms with E-state index in [9.17, 15) is 22.4 Å². The first-order chi connectivity index (χ1) is 15.6. The maximum absolute atomic E-state index is 14.5. The fourth-order valence-corrected chi connectivity index (χ4v) is 5.10. The highest BCUT2D eigenvalue weighted by atomic mass is 32.2. The van der Waals surface area contributed by atoms with Gasteiger partial charge in [0.25, 0.3) is 5.91 Å². The SMILES string of the molecule is CC(=O)c1ccc(N2CCN(C(=O)c3cc(S(C)(=O)=O)ccc3-c3nccs3)CC2)c(F)c1. The molecule has 2 heterocycles. The van der Waals surface area contributed by atoms with Gasteiger partial charge in [0.1, 0.15) is 10.8 Å². The number of nitrogens with zero attached hydrogens (tertiary/aromatic N) is 3. The monoisotopic (exact) mass is 487 g/mol. The number of hydrogen-bond donors (Lipinski definition) is 0. The number of benzene rings is 2. The van der Waals surface area contributed by atoms with Gasteiger partial charge in [-0.15, -0.1) is 11.3 Å². The van der Waals surface area contributed by atoms with Gasteiger partial charge in [-0.2, -0.15) is 0 Å². The van der Waals surface area contributed by atoms with Crippen LogP contribution in [0.1, 0.15) is 27.6 Å². The van der Waals surface area contributed by atoms with Crippen molar-refractivity contribution in [3.63, 3.8) is 0 Å². The summed E-state index contributed by atoms with van der Waals surface area (Å²) in [4.78, 5) is 32.7. The largest absolute Gasteiger partial charge is 0.366 e. The number of aromatic nitrogens is 1. The van der Waals surface area contributed by atoms with E-state index in [4.69, 9.17) is 0 Å². The van der Waals surface area contributed by atoms with Gasteiger partial charge in [-0.3, -0.25) is 9.59 Å². The number of rotatable bonds is 5. The lowest BCUT2D eigenvalue weighted by Gasteiger charge is -2.36. The molecule has 0 radical (unpaired) electrons. The number of amides is 1. The Morgan fingerprint density at radius 2 is 1.79 bits per heavy atom. The molecule has 33 heavy (non-hydrogen) atoms. The number of anilines is 1. The summed E-state index contributed by atoms with van der Waals surface area (Å²) in [5, 5.41) is 2.42. The van der Waals surface area contributed by atoms with Crippen LogP contribution in [0.25, 0.3) is 10.6 Å². The van der Waals surface area contributed by atoms with E-state index in [1.54, 1.807) is 34.7 Å². The smallest absolute Gasteiger partial charge is 0.254 e. The van der Waals surface area contributed by atoms with Crippen LogP contribution in [0.3, 0.4) is 0 Å². The lowest BCUT2D eigenvalue weighted by Crippen LogP contribution is -2.49. The Morgan fingerprint density at radius 3 is 2.36 bits per heavy atom. The van der Waals surface area contributed by atoms with Gasteiger partial charge in [0, 0.05) is 55.1 Å². The van der Waals surface area contributed by atoms with Crippen LogP contribution in [0.5, 0.6) is 0 Å². The summed E-state index contributed by atoms with van der Waals surface area (Å²) in [6.45, 7) is 2.87. The van der Waals surface area contributed by atoms with Crippen molar-refractivity contribution in [1.82, 2.24) is 9.88 Å². The van der Waals surface area contributed by atoms with E-state index in [1.807, 2.05) is 4.90 Å². The number of ketones is 1. The van der Waals surface area contributed by atoms with Crippen molar-refractivity contribution in [2.75, 3.05) is 37.3 Å². The van der Waals surface area contributed by atoms with Crippen LogP contribution in [0.2, 0.25) is 0 Å². The number of thiazole rings is 1. The normalized spacial score (nSPS) is 14.4. The van der Waals surface area contributed by atoms with Crippen molar-refractivity contribution in [2.45, 2.75) is 11.8 Å². The summed E-state index contributed by atoms with van der Waals surface area (Å²) in [5.41, 5.74) is 1.55. The van der Waals surface area contributed by atoms with Crippen LogP contribution >= 0.6 is 11.3 Å². The molecule has 1 amide bonds. The van der Waals surface area contributed by atoms with Gasteiger partial charge >= 0.3 is 0 Å². The van der Waals surface area contributed by atoms with Gasteiger partial charge in [-0.1, -0.05) is 0 Å². The number of carbonyl (C=O) groups is 2. The molecule has 3 aromatic rings. The Balaban J connectivity index is 1.57. The molecule has 1 aromatic heterocycles. The standard InChI is InChI=1S/C23H22FN3O4S2/c1-15(28)16-3-6-21(20(24)13-16)26-8-10-27(11-9-26)23(29)19-14-17(33(2,30)31)4-5-18(19)22-25-7-12-32-22/h3-7,12-14H,8-11H2,1-2H3. The van der Waals surface area contributed by atoms with Crippen molar-refractivity contribution >= 4 is 38.6 Å². The van der Waals surface area contributed by atoms with Crippen molar-refractivity contribution < 1.29 is 22.4 Å². The van der Waals surface area contributed by atoms with Crippen LogP contribution < -0.4 is 4.90 Å². The van der Waals surface area contributed by atoms with Crippen LogP contribution in [0.4, 0.5) is 10.1 Å². The summed E-state index contributed by atoms with van der Waals surface area (Å²) < 4.78 is 38.7. The third-order valence-corrected chi connectivity index (χ3v) is 7.49. The number of hydrogen-bond acceptors (Lipinski definition) is 7. The van der Waals surface area contributed by atoms with Crippen molar-refractivity contribution in [2.24, 2.45) is 0 Å². The molecular weight excluding hydrogens is 465 g/mol. The zero-order valence-electron chi connectivity index (χ0n) is 18.1. The lowest BCUT2D eigenvalue weighted by molar-refractivity contribution is 0.0747. The van der Waals surface area contributed by atoms with Gasteiger partial charge in [0.05, 0.1) is 16.1 Å². The minimum atomic E-state index is -3.50. The number of Topliss-reactive ketones (excluding diaryl/α,β-unsaturated/α-hetero) is 1. The third-order valence-electron chi connectivity index (χ3n) is 5.57. The van der Waals surface area contributed by atoms with Crippen LogP contribution in [-0.2, 0) is 9.84 Å². The maximum Gasteiger partial charge on any atom is 0.254 e. The molecule has 10 heteroatoms. The van der Waals surface area contributed by atoms with Crippen LogP contribution in [0, 0.1) is 5.82 Å². The molecule has 1 saturated heterocycles. The first-order valence-corrected chi connectivity index (χ1v) is 13.0. The molecule has 172 valence electrons. The minimum absolute atomic E-state index is 0.0671. The van der Waals surface area contributed by atoms with Gasteiger partial charge in [-0.05, 0) is 43.3 Å². The van der Waals surface area contributed by atoms with Gasteiger partial charge in [0.15, 0.2) is 15.6 Å². The first kappa shape index (κ1) is 23.1. The third kappa shape index (κ3) is 4.81. The quantitative estimate of drug-likeness (QED) is 0.512. The zero-order valence-corrected chi connectivity index (χ0v) is 19.7. The molecular formula is C23H22FN3O4S2. The van der Waals surface area contributed by atoms with E-state index >= 15 is 0 Å². The van der Waals surface area contributed by atoms with E-state index in [0.717, 1.165) is 6.26 Å². The minimum Gasteiger partial charge on any atom is -0.366 e. The molecule has 0 bridgehead atoms. The van der Waals surface area contributed by atoms with E-state index in [-0.39, 0.29) is 22.1 Å². The summed E-state index contributed by atoms with van der Waals surface area (Å²) in [7, 11) is -3.50. The predicted molar refractivity (Wildman–Crippen MR) is 125 cm³/mol. The molecule has 0 unspecified atom stereocenters. The highest BCUT2D eigenvalue weighted by molar-refractivity contribution is 7.90. The highest BCUT2D eigenvalue weighted by Crippen LogP contribution is 2.30. The number of halogens is 1. The second-order valence-corrected chi connectivity index (χ2v) is 10.7. The summed E-state index contributed by atoms with van der Waals surface area (Å²) in [5.74, 6) is -0.977. The molecule has 1 aliphatic rings. The van der Waals surface area contributed by atoms with Crippen molar-refractivity contribution in [1.29, 1.82) is 0 Å². The highest BCUT2D eigenvalue weighted by Gasteiger charge is 2.27. The average molecular weight is 488 g/mol. The Labute approximate surface area is 195 Å². The number of sulfone groups is 1. The van der Waals surface area contributed by atoms with Gasteiger partial charge in [-0.25, -0.2) is 17.8 Å². The average Bonchev–Trinajstić information content (AvgIpc) is 3.32. The molecule has 1 fully saturated rings. The summed E-state index contributed by atoms with van der Waals surface area (Å²) in [6.07, 6.45) is 2.73. The molecule has 0 aliphatic carbocycles. The Hall–Kier alpha value is -3.11. The Bertz CT molecular complexity index is 1320. The van der Waals surface area contributed by atoms with E-state index in [2.05, 4.69) is 4.98 Å². The molecule has 0 N–H and O–H groups in total. The van der Waals surface area contributed by atoms with Crippen LogP contribution in [0.15, 0.2) is 52.9 Å². The fourth-order valence-electron chi connectivity index (χ4n) is 3.78. The van der Waals surface area contributed by atoms with E-state index < -0.39 is 15.7 Å². The molecule has 1 aliphatic heterocycles. The van der Waals surface area contributed by atoms with E-state index in [1.165, 1.54) is 36.5 Å². The van der Waals surface area contributed by atoms with Crippen molar-refractivity contribution in [3.05, 3.63) is 64.9 Å². The molecule has 0 saturated carbocycles. The molecule has 4 rings (SSSR count). The summed E-state index contributed by atoms with van der Waals surface area (Å²) >= 11 is 1.36. The second-order valence-electron chi connectivity index (χ2n) is 7.82. The van der Waals surface area contributed by atoms with E-state index in [0.29, 0.717) is 48.0 Å². The fraction of sp³-hybridized carbons (Fsp3) is 0.261. The molecule has 2 aromatic carbocycles. The maximum atomic E-state index is 14.5. The second kappa shape index (κ2) is 9.03. The number of piperazine rings is 1. The molecule has 0 atom stereocenters. The topological polar surface area (TPSA) is 87.7 Å². The summed E-state index contributed by atoms with van der Waals surface area (Å²) in [6, 6.07) is 8.90. The lowest BCUT2D eigenvalue weighted by atomic mass is 10.1. The van der Waals surface area contributed by atoms with Gasteiger partial charge < -0.3 is 9.80 Å². The van der Waals surface area contributed by atoms with Crippen LogP contribution in [-0.4, -0.2) is 62.4 Å². The Morgan fingerprint density at radius 1 is 1.06 bits per heavy atom. The first-order valence-electron chi connectivity index (χ1n) is 10.2. The predicted octanol–water partition coefficient (Wildman–Crippen LogP) is 3.52. The zero-order chi connectivity index (χ0) is 23.8. The number of carbonyl (C=O) groups excluding carboxylic acids is 2. The van der Waals surface area contributed by atoms with Crippen molar-refractivity contribution in [3.8, 4) is 10.6 Å².